The molecule has 0 bridgehead atoms. The lowest BCUT2D eigenvalue weighted by atomic mass is 9.96. The zero-order valence-corrected chi connectivity index (χ0v) is 12.1. The van der Waals surface area contributed by atoms with Gasteiger partial charge >= 0.3 is 0 Å². The molecule has 0 atom stereocenters. The van der Waals surface area contributed by atoms with E-state index in [-0.39, 0.29) is 0 Å². The summed E-state index contributed by atoms with van der Waals surface area (Å²) in [5, 5.41) is 4.04. The summed E-state index contributed by atoms with van der Waals surface area (Å²) >= 11 is 0. The van der Waals surface area contributed by atoms with Crippen molar-refractivity contribution in [2.24, 2.45) is 0 Å². The third-order valence-electron chi connectivity index (χ3n) is 3.56. The van der Waals surface area contributed by atoms with Gasteiger partial charge in [0.25, 0.3) is 0 Å². The molecule has 1 fully saturated rings. The van der Waals surface area contributed by atoms with E-state index >= 15 is 0 Å². The highest BCUT2D eigenvalue weighted by atomic mass is 32.2. The normalized spacial score (nSPS) is 19.6. The van der Waals surface area contributed by atoms with E-state index in [1.807, 2.05) is 6.07 Å². The van der Waals surface area contributed by atoms with Gasteiger partial charge in [-0.25, -0.2) is 8.42 Å². The molecule has 0 unspecified atom stereocenters. The van der Waals surface area contributed by atoms with Crippen molar-refractivity contribution >= 4 is 22.3 Å². The van der Waals surface area contributed by atoms with Crippen molar-refractivity contribution in [3.05, 3.63) is 35.2 Å². The lowest BCUT2D eigenvalue weighted by Gasteiger charge is -2.19. The molecule has 1 N–H and O–H groups in total. The molecule has 1 aliphatic heterocycles. The summed E-state index contributed by atoms with van der Waals surface area (Å²) in [7, 11) is -3.09. The summed E-state index contributed by atoms with van der Waals surface area (Å²) in [6.07, 6.45) is 8.70. The van der Waals surface area contributed by atoms with Crippen LogP contribution in [0.3, 0.4) is 0 Å². The largest absolute Gasteiger partial charge is 0.356 e. The lowest BCUT2D eigenvalue weighted by molar-refractivity contribution is -0.110. The minimum absolute atomic E-state index is 0.417. The second-order valence-electron chi connectivity index (χ2n) is 5.01. The van der Waals surface area contributed by atoms with Gasteiger partial charge in [0.15, 0.2) is 9.84 Å². The van der Waals surface area contributed by atoms with Crippen LogP contribution in [0.25, 0.3) is 6.08 Å². The molecule has 1 amide bonds. The minimum Gasteiger partial charge on any atom is -0.356 e. The van der Waals surface area contributed by atoms with Crippen LogP contribution in [0.1, 0.15) is 37.7 Å². The maximum absolute atomic E-state index is 11.2. The molecule has 2 aliphatic rings. The highest BCUT2D eigenvalue weighted by molar-refractivity contribution is 7.94. The van der Waals surface area contributed by atoms with Crippen molar-refractivity contribution in [3.63, 3.8) is 0 Å². The molecule has 0 spiro atoms. The number of carbonyl (C=O) groups excluding carboxylic acids is 1. The van der Waals surface area contributed by atoms with E-state index in [0.29, 0.717) is 10.9 Å². The number of amides is 1. The maximum Gasteiger partial charge on any atom is 0.207 e. The van der Waals surface area contributed by atoms with Crippen LogP contribution in [0, 0.1) is 0 Å². The Kier molecular flexibility index (Phi) is 4.95. The van der Waals surface area contributed by atoms with E-state index in [9.17, 15) is 13.2 Å². The summed E-state index contributed by atoms with van der Waals surface area (Å²) in [6, 6.07) is 7.44. The summed E-state index contributed by atoms with van der Waals surface area (Å²) in [5.74, 6) is 0. The summed E-state index contributed by atoms with van der Waals surface area (Å²) in [6.45, 7) is 0. The number of hydrogen-bond acceptors (Lipinski definition) is 3. The van der Waals surface area contributed by atoms with Gasteiger partial charge in [0.2, 0.25) is 6.41 Å². The van der Waals surface area contributed by atoms with Gasteiger partial charge in [0.05, 0.1) is 4.90 Å². The number of rotatable bonds is 2. The molecule has 1 aromatic rings. The summed E-state index contributed by atoms with van der Waals surface area (Å²) in [4.78, 5) is 10.4. The molecule has 0 aromatic heterocycles. The van der Waals surface area contributed by atoms with Crippen LogP contribution < -0.4 is 5.32 Å². The smallest absolute Gasteiger partial charge is 0.207 e. The fourth-order valence-electron chi connectivity index (χ4n) is 2.48. The molecule has 0 radical (unpaired) electrons. The van der Waals surface area contributed by atoms with Crippen LogP contribution in [0.4, 0.5) is 0 Å². The van der Waals surface area contributed by atoms with Crippen molar-refractivity contribution in [1.82, 2.24) is 5.32 Å². The van der Waals surface area contributed by atoms with Gasteiger partial charge in [-0.2, -0.15) is 0 Å². The third-order valence-corrected chi connectivity index (χ3v) is 5.04. The van der Waals surface area contributed by atoms with E-state index in [2.05, 4.69) is 5.32 Å². The van der Waals surface area contributed by atoms with E-state index in [4.69, 9.17) is 0 Å². The third kappa shape index (κ3) is 3.70. The Morgan fingerprint density at radius 1 is 1.10 bits per heavy atom. The van der Waals surface area contributed by atoms with Crippen LogP contribution in [0.15, 0.2) is 34.6 Å². The molecule has 1 aromatic carbocycles. The molecule has 1 heterocycles. The van der Waals surface area contributed by atoms with Gasteiger partial charge in [0, 0.05) is 11.4 Å². The monoisotopic (exact) mass is 293 g/mol. The molecule has 1 aliphatic carbocycles. The first-order valence-corrected chi connectivity index (χ1v) is 8.40. The Balaban J connectivity index is 0.000000151. The van der Waals surface area contributed by atoms with E-state index in [0.717, 1.165) is 12.0 Å². The average molecular weight is 293 g/mol. The molecule has 108 valence electrons. The fourth-order valence-corrected chi connectivity index (χ4v) is 3.68. The summed E-state index contributed by atoms with van der Waals surface area (Å²) in [5.41, 5.74) is 0.785. The second kappa shape index (κ2) is 6.70. The van der Waals surface area contributed by atoms with Crippen LogP contribution >= 0.6 is 0 Å². The Hall–Kier alpha value is -1.62. The van der Waals surface area contributed by atoms with E-state index in [1.165, 1.54) is 37.5 Å². The average Bonchev–Trinajstić information content (AvgIpc) is 2.78. The van der Waals surface area contributed by atoms with Crippen LogP contribution in [0.2, 0.25) is 0 Å². The van der Waals surface area contributed by atoms with Crippen molar-refractivity contribution in [3.8, 4) is 0 Å². The molecule has 1 saturated carbocycles. The number of fused-ring (bicyclic) bond motifs is 1. The minimum atomic E-state index is -3.09. The SMILES string of the molecule is O=CNC1CCCCC1.O=S1(=O)C=Cc2ccccc21. The number of carbonyl (C=O) groups is 1. The number of hydrogen-bond donors (Lipinski definition) is 1. The van der Waals surface area contributed by atoms with Gasteiger partial charge in [-0.05, 0) is 30.5 Å². The van der Waals surface area contributed by atoms with E-state index in [1.54, 1.807) is 24.3 Å². The van der Waals surface area contributed by atoms with Crippen molar-refractivity contribution in [2.75, 3.05) is 0 Å². The molecule has 0 saturated heterocycles. The van der Waals surface area contributed by atoms with Gasteiger partial charge < -0.3 is 5.32 Å². The van der Waals surface area contributed by atoms with Gasteiger partial charge in [-0.15, -0.1) is 0 Å². The number of benzene rings is 1. The molecule has 4 nitrogen and oxygen atoms in total. The summed E-state index contributed by atoms with van der Waals surface area (Å²) < 4.78 is 22.3. The fraction of sp³-hybridized carbons (Fsp3) is 0.400. The highest BCUT2D eigenvalue weighted by Crippen LogP contribution is 2.25. The van der Waals surface area contributed by atoms with Gasteiger partial charge in [-0.3, -0.25) is 4.79 Å². The highest BCUT2D eigenvalue weighted by Gasteiger charge is 2.18. The Morgan fingerprint density at radius 2 is 1.80 bits per heavy atom. The molecule has 20 heavy (non-hydrogen) atoms. The number of sulfone groups is 1. The first-order chi connectivity index (χ1) is 9.63. The quantitative estimate of drug-likeness (QED) is 0.852. The Morgan fingerprint density at radius 3 is 2.45 bits per heavy atom. The first-order valence-electron chi connectivity index (χ1n) is 6.85. The molecular formula is C15H19NO3S. The molecular weight excluding hydrogens is 274 g/mol. The van der Waals surface area contributed by atoms with Crippen molar-refractivity contribution < 1.29 is 13.2 Å². The van der Waals surface area contributed by atoms with Gasteiger partial charge in [0.1, 0.15) is 0 Å². The predicted octanol–water partition coefficient (Wildman–Crippen LogP) is 2.51. The zero-order chi connectivity index (χ0) is 14.4. The van der Waals surface area contributed by atoms with Crippen LogP contribution in [-0.4, -0.2) is 20.9 Å². The Bertz CT molecular complexity index is 587. The standard InChI is InChI=1S/C8H6O2S.C7H13NO/c9-11(10)6-5-7-3-1-2-4-8(7)11;9-6-8-7-4-2-1-3-5-7/h1-6H;6-7H,1-5H2,(H,8,9). The topological polar surface area (TPSA) is 63.2 Å². The van der Waals surface area contributed by atoms with Crippen molar-refractivity contribution in [1.29, 1.82) is 0 Å². The van der Waals surface area contributed by atoms with Crippen LogP contribution in [-0.2, 0) is 14.6 Å². The predicted molar refractivity (Wildman–Crippen MR) is 78.7 cm³/mol. The zero-order valence-electron chi connectivity index (χ0n) is 11.3. The second-order valence-corrected chi connectivity index (χ2v) is 6.81. The molecule has 5 heteroatoms. The first kappa shape index (κ1) is 14.8. The van der Waals surface area contributed by atoms with E-state index < -0.39 is 9.84 Å². The Labute approximate surface area is 119 Å². The number of nitrogens with one attached hydrogen (secondary N) is 1. The van der Waals surface area contributed by atoms with Crippen molar-refractivity contribution in [2.45, 2.75) is 43.0 Å². The van der Waals surface area contributed by atoms with Gasteiger partial charge in [-0.1, -0.05) is 37.5 Å². The maximum atomic E-state index is 11.2. The van der Waals surface area contributed by atoms with Crippen LogP contribution in [0.5, 0.6) is 0 Å². The molecule has 3 rings (SSSR count). The lowest BCUT2D eigenvalue weighted by Crippen LogP contribution is -2.29.